The molecule has 1 N–H and O–H groups in total. The highest BCUT2D eigenvalue weighted by Gasteiger charge is 2.16. The second kappa shape index (κ2) is 6.28. The lowest BCUT2D eigenvalue weighted by atomic mass is 9.97. The molecule has 0 bridgehead atoms. The Morgan fingerprint density at radius 1 is 1.22 bits per heavy atom. The summed E-state index contributed by atoms with van der Waals surface area (Å²) < 4.78 is 2.91. The molecule has 2 aromatic heterocycles. The summed E-state index contributed by atoms with van der Waals surface area (Å²) in [7, 11) is 0. The Labute approximate surface area is 144 Å². The van der Waals surface area contributed by atoms with E-state index in [2.05, 4.69) is 69.4 Å². The second-order valence-electron chi connectivity index (χ2n) is 6.82. The third-order valence-electron chi connectivity index (χ3n) is 3.46. The molecule has 0 amide bonds. The van der Waals surface area contributed by atoms with E-state index < -0.39 is 0 Å². The van der Waals surface area contributed by atoms with E-state index in [1.807, 2.05) is 23.0 Å². The molecule has 0 saturated carbocycles. The molecule has 23 heavy (non-hydrogen) atoms. The van der Waals surface area contributed by atoms with E-state index in [1.54, 1.807) is 6.20 Å². The topological polar surface area (TPSA) is 55.6 Å². The van der Waals surface area contributed by atoms with Crippen LogP contribution >= 0.6 is 15.9 Å². The number of halogens is 1. The molecular formula is C17H20BrN5. The standard InChI is InChI=1S/C17H20BrN5/c1-17(2,3)11-23-14-7-6-13(15(18)16(14)21-22-23)20-10-12-5-4-8-19-9-12/h4-9,20H,10-11H2,1-3H3. The number of pyridine rings is 1. The van der Waals surface area contributed by atoms with Crippen LogP contribution in [0.4, 0.5) is 5.69 Å². The zero-order valence-corrected chi connectivity index (χ0v) is 15.1. The Morgan fingerprint density at radius 3 is 2.74 bits per heavy atom. The number of hydrogen-bond acceptors (Lipinski definition) is 4. The highest BCUT2D eigenvalue weighted by molar-refractivity contribution is 9.10. The molecule has 3 aromatic rings. The van der Waals surface area contributed by atoms with Crippen LogP contribution in [0.3, 0.4) is 0 Å². The largest absolute Gasteiger partial charge is 0.380 e. The first-order chi connectivity index (χ1) is 10.9. The third kappa shape index (κ3) is 3.69. The fourth-order valence-corrected chi connectivity index (χ4v) is 2.96. The van der Waals surface area contributed by atoms with Crippen molar-refractivity contribution >= 4 is 32.7 Å². The first-order valence-corrected chi connectivity index (χ1v) is 8.38. The zero-order chi connectivity index (χ0) is 16.4. The Bertz CT molecular complexity index is 805. The van der Waals surface area contributed by atoms with Crippen molar-refractivity contribution in [3.63, 3.8) is 0 Å². The smallest absolute Gasteiger partial charge is 0.129 e. The summed E-state index contributed by atoms with van der Waals surface area (Å²) in [6, 6.07) is 8.11. The number of nitrogens with one attached hydrogen (secondary N) is 1. The van der Waals surface area contributed by atoms with E-state index in [-0.39, 0.29) is 5.41 Å². The average Bonchev–Trinajstić information content (AvgIpc) is 2.89. The number of rotatable bonds is 4. The van der Waals surface area contributed by atoms with E-state index in [4.69, 9.17) is 0 Å². The molecule has 120 valence electrons. The second-order valence-corrected chi connectivity index (χ2v) is 7.61. The minimum absolute atomic E-state index is 0.157. The third-order valence-corrected chi connectivity index (χ3v) is 4.26. The first kappa shape index (κ1) is 15.9. The predicted octanol–water partition coefficient (Wildman–Crippen LogP) is 4.25. The summed E-state index contributed by atoms with van der Waals surface area (Å²) in [5.41, 5.74) is 4.22. The first-order valence-electron chi connectivity index (χ1n) is 7.58. The molecule has 1 aromatic carbocycles. The van der Waals surface area contributed by atoms with Gasteiger partial charge in [-0.15, -0.1) is 5.10 Å². The molecule has 2 heterocycles. The van der Waals surface area contributed by atoms with Gasteiger partial charge >= 0.3 is 0 Å². The average molecular weight is 374 g/mol. The SMILES string of the molecule is CC(C)(C)Cn1nnc2c(Br)c(NCc3cccnc3)ccc21. The van der Waals surface area contributed by atoms with Crippen LogP contribution in [-0.4, -0.2) is 20.0 Å². The minimum Gasteiger partial charge on any atom is -0.380 e. The van der Waals surface area contributed by atoms with Crippen molar-refractivity contribution < 1.29 is 0 Å². The van der Waals surface area contributed by atoms with Crippen LogP contribution in [0.1, 0.15) is 26.3 Å². The molecule has 6 heteroatoms. The summed E-state index contributed by atoms with van der Waals surface area (Å²) in [5, 5.41) is 12.0. The maximum atomic E-state index is 4.33. The molecule has 0 saturated heterocycles. The summed E-state index contributed by atoms with van der Waals surface area (Å²) in [6.45, 7) is 8.13. The van der Waals surface area contributed by atoms with Crippen LogP contribution in [0.2, 0.25) is 0 Å². The summed E-state index contributed by atoms with van der Waals surface area (Å²) in [5.74, 6) is 0. The number of fused-ring (bicyclic) bond motifs is 1. The van der Waals surface area contributed by atoms with E-state index >= 15 is 0 Å². The number of aromatic nitrogens is 4. The molecule has 0 unspecified atom stereocenters. The Kier molecular flexibility index (Phi) is 4.35. The normalized spacial score (nSPS) is 11.8. The molecule has 5 nitrogen and oxygen atoms in total. The lowest BCUT2D eigenvalue weighted by Crippen LogP contribution is -2.16. The summed E-state index contributed by atoms with van der Waals surface area (Å²) >= 11 is 3.65. The van der Waals surface area contributed by atoms with Crippen molar-refractivity contribution in [1.82, 2.24) is 20.0 Å². The van der Waals surface area contributed by atoms with Gasteiger partial charge in [0.1, 0.15) is 5.52 Å². The van der Waals surface area contributed by atoms with Crippen LogP contribution in [0, 0.1) is 5.41 Å². The molecule has 0 atom stereocenters. The monoisotopic (exact) mass is 373 g/mol. The van der Waals surface area contributed by atoms with E-state index in [0.29, 0.717) is 6.54 Å². The van der Waals surface area contributed by atoms with Crippen molar-refractivity contribution in [2.75, 3.05) is 5.32 Å². The van der Waals surface area contributed by atoms with Gasteiger partial charge in [0.05, 0.1) is 15.7 Å². The number of benzene rings is 1. The molecule has 3 rings (SSSR count). The maximum absolute atomic E-state index is 4.33. The summed E-state index contributed by atoms with van der Waals surface area (Å²) in [6.07, 6.45) is 3.64. The lowest BCUT2D eigenvalue weighted by Gasteiger charge is -2.18. The van der Waals surface area contributed by atoms with Gasteiger partial charge in [-0.2, -0.15) is 0 Å². The van der Waals surface area contributed by atoms with Crippen LogP contribution in [-0.2, 0) is 13.1 Å². The van der Waals surface area contributed by atoms with Gasteiger partial charge in [-0.1, -0.05) is 32.1 Å². The predicted molar refractivity (Wildman–Crippen MR) is 96.2 cm³/mol. The quantitative estimate of drug-likeness (QED) is 0.742. The fraction of sp³-hybridized carbons (Fsp3) is 0.353. The van der Waals surface area contributed by atoms with E-state index in [0.717, 1.165) is 33.3 Å². The van der Waals surface area contributed by atoms with Crippen molar-refractivity contribution in [3.8, 4) is 0 Å². The fourth-order valence-electron chi connectivity index (χ4n) is 2.41. The number of anilines is 1. The highest BCUT2D eigenvalue weighted by Crippen LogP contribution is 2.31. The minimum atomic E-state index is 0.157. The van der Waals surface area contributed by atoms with Crippen LogP contribution in [0.5, 0.6) is 0 Å². The number of nitrogens with zero attached hydrogens (tertiary/aromatic N) is 4. The lowest BCUT2D eigenvalue weighted by molar-refractivity contribution is 0.327. The van der Waals surface area contributed by atoms with Crippen molar-refractivity contribution in [1.29, 1.82) is 0 Å². The molecular weight excluding hydrogens is 354 g/mol. The van der Waals surface area contributed by atoms with E-state index in [9.17, 15) is 0 Å². The van der Waals surface area contributed by atoms with Crippen molar-refractivity contribution in [3.05, 3.63) is 46.7 Å². The van der Waals surface area contributed by atoms with Crippen LogP contribution in [0.15, 0.2) is 41.1 Å². The Morgan fingerprint density at radius 2 is 2.04 bits per heavy atom. The molecule has 0 fully saturated rings. The van der Waals surface area contributed by atoms with Gasteiger partial charge in [-0.05, 0) is 45.1 Å². The van der Waals surface area contributed by atoms with Gasteiger partial charge in [-0.25, -0.2) is 4.68 Å². The van der Waals surface area contributed by atoms with Gasteiger partial charge in [0.2, 0.25) is 0 Å². The molecule has 0 aliphatic carbocycles. The Hall–Kier alpha value is -1.95. The van der Waals surface area contributed by atoms with Gasteiger partial charge in [0.25, 0.3) is 0 Å². The molecule has 0 aliphatic heterocycles. The van der Waals surface area contributed by atoms with Crippen LogP contribution in [0.25, 0.3) is 11.0 Å². The maximum Gasteiger partial charge on any atom is 0.129 e. The molecule has 0 aliphatic rings. The zero-order valence-electron chi connectivity index (χ0n) is 13.5. The van der Waals surface area contributed by atoms with Crippen molar-refractivity contribution in [2.45, 2.75) is 33.9 Å². The van der Waals surface area contributed by atoms with Crippen molar-refractivity contribution in [2.24, 2.45) is 5.41 Å². The van der Waals surface area contributed by atoms with E-state index in [1.165, 1.54) is 0 Å². The van der Waals surface area contributed by atoms with Gasteiger partial charge < -0.3 is 5.32 Å². The Balaban J connectivity index is 1.85. The molecule has 0 radical (unpaired) electrons. The highest BCUT2D eigenvalue weighted by atomic mass is 79.9. The molecule has 0 spiro atoms. The van der Waals surface area contributed by atoms with Crippen LogP contribution < -0.4 is 5.32 Å². The van der Waals surface area contributed by atoms with Gasteiger partial charge in [0, 0.05) is 25.5 Å². The van der Waals surface area contributed by atoms with Gasteiger partial charge in [0.15, 0.2) is 0 Å². The number of hydrogen-bond donors (Lipinski definition) is 1. The van der Waals surface area contributed by atoms with Gasteiger partial charge in [-0.3, -0.25) is 4.98 Å². The summed E-state index contributed by atoms with van der Waals surface area (Å²) in [4.78, 5) is 4.13.